The number of rotatable bonds is 4. The fourth-order valence-electron chi connectivity index (χ4n) is 1.36. The zero-order valence-corrected chi connectivity index (χ0v) is 9.96. The monoisotopic (exact) mass is 255 g/mol. The third-order valence-corrected chi connectivity index (χ3v) is 2.53. The van der Waals surface area contributed by atoms with Crippen LogP contribution in [0.1, 0.15) is 5.89 Å². The highest BCUT2D eigenvalue weighted by Crippen LogP contribution is 2.27. The summed E-state index contributed by atoms with van der Waals surface area (Å²) in [6, 6.07) is 4.04. The van der Waals surface area contributed by atoms with Crippen LogP contribution in [0.15, 0.2) is 22.6 Å². The molecule has 2 rings (SSSR count). The van der Waals surface area contributed by atoms with Crippen LogP contribution in [0.5, 0.6) is 0 Å². The summed E-state index contributed by atoms with van der Waals surface area (Å²) in [6.45, 7) is 0.749. The van der Waals surface area contributed by atoms with Crippen molar-refractivity contribution < 1.29 is 8.81 Å². The second-order valence-electron chi connectivity index (χ2n) is 3.48. The summed E-state index contributed by atoms with van der Waals surface area (Å²) in [7, 11) is 1.84. The van der Waals surface area contributed by atoms with Gasteiger partial charge in [-0.3, -0.25) is 0 Å². The molecule has 0 unspecified atom stereocenters. The standard InChI is InChI=1S/C11H11ClFN3O/c1-14-5-4-10-15-16-11(17-10)8-3-2-7(13)6-9(8)12/h2-3,6,14H,4-5H2,1H3. The van der Waals surface area contributed by atoms with Crippen LogP contribution in [0.3, 0.4) is 0 Å². The quantitative estimate of drug-likeness (QED) is 0.911. The third-order valence-electron chi connectivity index (χ3n) is 2.22. The molecule has 0 aliphatic heterocycles. The molecule has 0 fully saturated rings. The lowest BCUT2D eigenvalue weighted by atomic mass is 10.2. The smallest absolute Gasteiger partial charge is 0.249 e. The van der Waals surface area contributed by atoms with E-state index in [4.69, 9.17) is 16.0 Å². The Morgan fingerprint density at radius 2 is 2.24 bits per heavy atom. The fraction of sp³-hybridized carbons (Fsp3) is 0.273. The first kappa shape index (κ1) is 12.0. The highest BCUT2D eigenvalue weighted by atomic mass is 35.5. The molecule has 0 saturated carbocycles. The van der Waals surface area contributed by atoms with E-state index < -0.39 is 5.82 Å². The van der Waals surface area contributed by atoms with E-state index in [-0.39, 0.29) is 5.02 Å². The number of hydrogen-bond acceptors (Lipinski definition) is 4. The summed E-state index contributed by atoms with van der Waals surface area (Å²) in [4.78, 5) is 0. The molecular formula is C11H11ClFN3O. The molecule has 0 radical (unpaired) electrons. The molecule has 2 aromatic rings. The van der Waals surface area contributed by atoms with E-state index in [1.165, 1.54) is 18.2 Å². The number of likely N-dealkylation sites (N-methyl/N-ethyl adjacent to an activating group) is 1. The lowest BCUT2D eigenvalue weighted by Gasteiger charge is -1.98. The Balaban J connectivity index is 2.24. The van der Waals surface area contributed by atoms with Gasteiger partial charge in [0.1, 0.15) is 5.82 Å². The van der Waals surface area contributed by atoms with Crippen LogP contribution in [0, 0.1) is 5.82 Å². The van der Waals surface area contributed by atoms with Gasteiger partial charge in [0.2, 0.25) is 11.8 Å². The first-order valence-corrected chi connectivity index (χ1v) is 5.51. The van der Waals surface area contributed by atoms with Crippen molar-refractivity contribution in [2.45, 2.75) is 6.42 Å². The predicted octanol–water partition coefficient (Wildman–Crippen LogP) is 2.29. The highest BCUT2D eigenvalue weighted by Gasteiger charge is 2.12. The Morgan fingerprint density at radius 3 is 2.94 bits per heavy atom. The van der Waals surface area contributed by atoms with Gasteiger partial charge in [-0.15, -0.1) is 10.2 Å². The largest absolute Gasteiger partial charge is 0.421 e. The van der Waals surface area contributed by atoms with Crippen molar-refractivity contribution in [3.05, 3.63) is 34.9 Å². The second-order valence-corrected chi connectivity index (χ2v) is 3.89. The molecule has 1 N–H and O–H groups in total. The Morgan fingerprint density at radius 1 is 1.41 bits per heavy atom. The Labute approximate surface area is 103 Å². The summed E-state index contributed by atoms with van der Waals surface area (Å²) < 4.78 is 18.3. The first-order valence-electron chi connectivity index (χ1n) is 5.13. The summed E-state index contributed by atoms with van der Waals surface area (Å²) >= 11 is 5.90. The Kier molecular flexibility index (Phi) is 3.71. The zero-order valence-electron chi connectivity index (χ0n) is 9.20. The van der Waals surface area contributed by atoms with Crippen LogP contribution >= 0.6 is 11.6 Å². The van der Waals surface area contributed by atoms with Gasteiger partial charge in [-0.2, -0.15) is 0 Å². The van der Waals surface area contributed by atoms with Crippen LogP contribution < -0.4 is 5.32 Å². The third kappa shape index (κ3) is 2.81. The summed E-state index contributed by atoms with van der Waals surface area (Å²) in [5.41, 5.74) is 0.538. The molecule has 0 spiro atoms. The maximum Gasteiger partial charge on any atom is 0.249 e. The van der Waals surface area contributed by atoms with Crippen LogP contribution in [0.4, 0.5) is 4.39 Å². The minimum atomic E-state index is -0.395. The van der Waals surface area contributed by atoms with Crippen molar-refractivity contribution in [1.82, 2.24) is 15.5 Å². The highest BCUT2D eigenvalue weighted by molar-refractivity contribution is 6.33. The molecule has 0 amide bonds. The normalized spacial score (nSPS) is 10.8. The predicted molar refractivity (Wildman–Crippen MR) is 62.3 cm³/mol. The first-order chi connectivity index (χ1) is 8.20. The van der Waals surface area contributed by atoms with Crippen LogP contribution in [-0.4, -0.2) is 23.8 Å². The maximum atomic E-state index is 12.9. The van der Waals surface area contributed by atoms with Crippen LogP contribution in [0.25, 0.3) is 11.5 Å². The second kappa shape index (κ2) is 5.25. The van der Waals surface area contributed by atoms with Crippen LogP contribution in [-0.2, 0) is 6.42 Å². The Bertz CT molecular complexity index is 515. The molecule has 0 atom stereocenters. The van der Waals surface area contributed by atoms with Gasteiger partial charge >= 0.3 is 0 Å². The lowest BCUT2D eigenvalue weighted by Crippen LogP contribution is -2.10. The van der Waals surface area contributed by atoms with E-state index in [0.717, 1.165) is 6.54 Å². The number of aromatic nitrogens is 2. The van der Waals surface area contributed by atoms with Gasteiger partial charge in [0.05, 0.1) is 10.6 Å². The average molecular weight is 256 g/mol. The lowest BCUT2D eigenvalue weighted by molar-refractivity contribution is 0.500. The minimum absolute atomic E-state index is 0.258. The molecule has 4 nitrogen and oxygen atoms in total. The molecule has 0 aliphatic carbocycles. The number of nitrogens with one attached hydrogen (secondary N) is 1. The fourth-order valence-corrected chi connectivity index (χ4v) is 1.61. The van der Waals surface area contributed by atoms with Crippen LogP contribution in [0.2, 0.25) is 5.02 Å². The van der Waals surface area contributed by atoms with Crippen molar-refractivity contribution in [3.63, 3.8) is 0 Å². The van der Waals surface area contributed by atoms with Gasteiger partial charge in [0, 0.05) is 13.0 Å². The Hall–Kier alpha value is -1.46. The number of benzene rings is 1. The topological polar surface area (TPSA) is 51.0 Å². The zero-order chi connectivity index (χ0) is 12.3. The van der Waals surface area contributed by atoms with Gasteiger partial charge in [-0.1, -0.05) is 11.6 Å². The molecule has 90 valence electrons. The SMILES string of the molecule is CNCCc1nnc(-c2ccc(F)cc2Cl)o1. The van der Waals surface area contributed by atoms with Gasteiger partial charge in [-0.25, -0.2) is 4.39 Å². The molecule has 0 saturated heterocycles. The van der Waals surface area contributed by atoms with Crippen molar-refractivity contribution in [3.8, 4) is 11.5 Å². The van der Waals surface area contributed by atoms with Crippen molar-refractivity contribution in [2.24, 2.45) is 0 Å². The maximum absolute atomic E-state index is 12.9. The molecule has 6 heteroatoms. The minimum Gasteiger partial charge on any atom is -0.421 e. The van der Waals surface area contributed by atoms with E-state index in [1.807, 2.05) is 7.05 Å². The molecule has 1 aromatic heterocycles. The van der Waals surface area contributed by atoms with E-state index >= 15 is 0 Å². The summed E-state index contributed by atoms with van der Waals surface area (Å²) in [5.74, 6) is 0.435. The number of hydrogen-bond donors (Lipinski definition) is 1. The number of halogens is 2. The number of nitrogens with zero attached hydrogens (tertiary/aromatic N) is 2. The molecule has 1 heterocycles. The van der Waals surface area contributed by atoms with Gasteiger partial charge in [0.15, 0.2) is 0 Å². The molecule has 0 aliphatic rings. The van der Waals surface area contributed by atoms with Gasteiger partial charge in [0.25, 0.3) is 0 Å². The van der Waals surface area contributed by atoms with Gasteiger partial charge < -0.3 is 9.73 Å². The van der Waals surface area contributed by atoms with E-state index in [2.05, 4.69) is 15.5 Å². The summed E-state index contributed by atoms with van der Waals surface area (Å²) in [5, 5.41) is 11.0. The van der Waals surface area contributed by atoms with Crippen molar-refractivity contribution >= 4 is 11.6 Å². The van der Waals surface area contributed by atoms with E-state index in [1.54, 1.807) is 0 Å². The molecule has 0 bridgehead atoms. The van der Waals surface area contributed by atoms with Gasteiger partial charge in [-0.05, 0) is 25.2 Å². The molecular weight excluding hydrogens is 245 g/mol. The molecule has 17 heavy (non-hydrogen) atoms. The van der Waals surface area contributed by atoms with Crippen molar-refractivity contribution in [2.75, 3.05) is 13.6 Å². The van der Waals surface area contributed by atoms with E-state index in [9.17, 15) is 4.39 Å². The average Bonchev–Trinajstić information content (AvgIpc) is 2.75. The molecule has 1 aromatic carbocycles. The van der Waals surface area contributed by atoms with Crippen molar-refractivity contribution in [1.29, 1.82) is 0 Å². The summed E-state index contributed by atoms with van der Waals surface area (Å²) in [6.07, 6.45) is 0.641. The van der Waals surface area contributed by atoms with E-state index in [0.29, 0.717) is 23.8 Å².